The van der Waals surface area contributed by atoms with Crippen LogP contribution in [0.2, 0.25) is 0 Å². The minimum atomic E-state index is -1.23. The van der Waals surface area contributed by atoms with Gasteiger partial charge in [0.05, 0.1) is 4.91 Å². The Labute approximate surface area is 147 Å². The van der Waals surface area contributed by atoms with Crippen LogP contribution in [-0.2, 0) is 9.59 Å². The second kappa shape index (κ2) is 7.23. The van der Waals surface area contributed by atoms with Crippen LogP contribution in [0.25, 0.3) is 6.08 Å². The predicted molar refractivity (Wildman–Crippen MR) is 93.3 cm³/mol. The van der Waals surface area contributed by atoms with Crippen molar-refractivity contribution in [1.82, 2.24) is 4.90 Å². The first-order valence-electron chi connectivity index (χ1n) is 7.33. The van der Waals surface area contributed by atoms with Crippen LogP contribution in [0, 0.1) is 0 Å². The van der Waals surface area contributed by atoms with Gasteiger partial charge in [-0.25, -0.2) is 0 Å². The maximum atomic E-state index is 12.2. The lowest BCUT2D eigenvalue weighted by molar-refractivity contribution is -0.140. The highest BCUT2D eigenvalue weighted by molar-refractivity contribution is 8.18. The summed E-state index contributed by atoms with van der Waals surface area (Å²) in [6.07, 6.45) is 1.55. The van der Waals surface area contributed by atoms with E-state index in [1.807, 2.05) is 30.3 Å². The molecule has 1 aliphatic rings. The predicted octanol–water partition coefficient (Wildman–Crippen LogP) is 3.60. The van der Waals surface area contributed by atoms with Crippen molar-refractivity contribution in [3.63, 3.8) is 0 Å². The summed E-state index contributed by atoms with van der Waals surface area (Å²) < 4.78 is 5.73. The van der Waals surface area contributed by atoms with Gasteiger partial charge in [0.15, 0.2) is 0 Å². The number of amides is 2. The summed E-state index contributed by atoms with van der Waals surface area (Å²) in [5.74, 6) is -0.570. The first-order valence-corrected chi connectivity index (χ1v) is 8.15. The fourth-order valence-electron chi connectivity index (χ4n) is 2.22. The molecule has 25 heavy (non-hydrogen) atoms. The van der Waals surface area contributed by atoms with Gasteiger partial charge in [-0.1, -0.05) is 30.3 Å². The molecular formula is C18H13NO5S. The minimum absolute atomic E-state index is 0.183. The van der Waals surface area contributed by atoms with Crippen molar-refractivity contribution in [3.8, 4) is 11.5 Å². The Morgan fingerprint density at radius 2 is 1.80 bits per heavy atom. The lowest BCUT2D eigenvalue weighted by Crippen LogP contribution is -2.33. The van der Waals surface area contributed by atoms with Gasteiger partial charge in [-0.3, -0.25) is 19.3 Å². The van der Waals surface area contributed by atoms with E-state index in [1.54, 1.807) is 30.3 Å². The van der Waals surface area contributed by atoms with E-state index in [2.05, 4.69) is 0 Å². The molecule has 1 heterocycles. The number of hydrogen-bond donors (Lipinski definition) is 1. The van der Waals surface area contributed by atoms with Crippen molar-refractivity contribution in [2.45, 2.75) is 0 Å². The molecule has 2 aromatic carbocycles. The molecule has 126 valence electrons. The van der Waals surface area contributed by atoms with Crippen molar-refractivity contribution in [2.75, 3.05) is 6.54 Å². The van der Waals surface area contributed by atoms with Crippen LogP contribution < -0.4 is 4.74 Å². The third-order valence-corrected chi connectivity index (χ3v) is 4.21. The number of ether oxygens (including phenoxy) is 1. The van der Waals surface area contributed by atoms with Crippen molar-refractivity contribution in [1.29, 1.82) is 0 Å². The second-order valence-corrected chi connectivity index (χ2v) is 6.14. The van der Waals surface area contributed by atoms with E-state index < -0.39 is 23.7 Å². The van der Waals surface area contributed by atoms with Crippen LogP contribution in [0.3, 0.4) is 0 Å². The molecule has 0 aromatic heterocycles. The highest BCUT2D eigenvalue weighted by Gasteiger charge is 2.36. The maximum Gasteiger partial charge on any atom is 0.323 e. The van der Waals surface area contributed by atoms with Gasteiger partial charge in [-0.05, 0) is 47.7 Å². The van der Waals surface area contributed by atoms with Crippen LogP contribution in [0.1, 0.15) is 5.56 Å². The molecule has 1 fully saturated rings. The molecule has 3 rings (SSSR count). The van der Waals surface area contributed by atoms with Gasteiger partial charge in [0.2, 0.25) is 0 Å². The number of carbonyl (C=O) groups excluding carboxylic acids is 2. The van der Waals surface area contributed by atoms with Crippen molar-refractivity contribution < 1.29 is 24.2 Å². The number of rotatable bonds is 5. The number of nitrogens with zero attached hydrogens (tertiary/aromatic N) is 1. The zero-order valence-corrected chi connectivity index (χ0v) is 13.7. The van der Waals surface area contributed by atoms with E-state index in [-0.39, 0.29) is 4.91 Å². The Bertz CT molecular complexity index is 863. The summed E-state index contributed by atoms with van der Waals surface area (Å²) in [7, 11) is 0. The molecule has 1 saturated heterocycles. The number of carboxylic acids is 1. The summed E-state index contributed by atoms with van der Waals surface area (Å²) >= 11 is 0.723. The molecule has 0 atom stereocenters. The van der Waals surface area contributed by atoms with Crippen LogP contribution in [0.5, 0.6) is 11.5 Å². The molecule has 1 aliphatic heterocycles. The van der Waals surface area contributed by atoms with E-state index in [9.17, 15) is 14.4 Å². The average molecular weight is 355 g/mol. The van der Waals surface area contributed by atoms with E-state index in [4.69, 9.17) is 9.84 Å². The molecular weight excluding hydrogens is 342 g/mol. The van der Waals surface area contributed by atoms with E-state index in [1.165, 1.54) is 0 Å². The summed E-state index contributed by atoms with van der Waals surface area (Å²) in [5.41, 5.74) is 0.675. The van der Waals surface area contributed by atoms with E-state index >= 15 is 0 Å². The quantitative estimate of drug-likeness (QED) is 0.825. The molecule has 0 aliphatic carbocycles. The first kappa shape index (κ1) is 16.8. The molecule has 2 amide bonds. The largest absolute Gasteiger partial charge is 0.480 e. The normalized spacial score (nSPS) is 15.7. The topological polar surface area (TPSA) is 83.9 Å². The van der Waals surface area contributed by atoms with Crippen LogP contribution in [0.4, 0.5) is 4.79 Å². The average Bonchev–Trinajstić information content (AvgIpc) is 2.83. The van der Waals surface area contributed by atoms with Gasteiger partial charge < -0.3 is 9.84 Å². The SMILES string of the molecule is O=C(O)CN1C(=O)S/C(=C\c2cccc(Oc3ccccc3)c2)C1=O. The molecule has 0 bridgehead atoms. The maximum absolute atomic E-state index is 12.2. The number of imide groups is 1. The van der Waals surface area contributed by atoms with Gasteiger partial charge in [0.1, 0.15) is 18.0 Å². The third-order valence-electron chi connectivity index (χ3n) is 3.30. The molecule has 2 aromatic rings. The fourth-order valence-corrected chi connectivity index (χ4v) is 3.05. The van der Waals surface area contributed by atoms with Gasteiger partial charge >= 0.3 is 5.97 Å². The molecule has 0 saturated carbocycles. The summed E-state index contributed by atoms with van der Waals surface area (Å²) in [6.45, 7) is -0.640. The molecule has 0 unspecified atom stereocenters. The molecule has 0 spiro atoms. The number of benzene rings is 2. The molecule has 7 heteroatoms. The number of aliphatic carboxylic acids is 1. The van der Waals surface area contributed by atoms with Crippen LogP contribution >= 0.6 is 11.8 Å². The van der Waals surface area contributed by atoms with Crippen molar-refractivity contribution in [2.24, 2.45) is 0 Å². The second-order valence-electron chi connectivity index (χ2n) is 5.15. The molecule has 6 nitrogen and oxygen atoms in total. The third kappa shape index (κ3) is 4.07. The standard InChI is InChI=1S/C18H13NO5S/c20-16(21)11-19-17(22)15(25-18(19)23)10-12-5-4-8-14(9-12)24-13-6-2-1-3-7-13/h1-10H,11H2,(H,20,21)/b15-10-. The summed E-state index contributed by atoms with van der Waals surface area (Å²) in [4.78, 5) is 35.6. The summed E-state index contributed by atoms with van der Waals surface area (Å²) in [6, 6.07) is 16.3. The van der Waals surface area contributed by atoms with Gasteiger partial charge in [-0.2, -0.15) is 0 Å². The van der Waals surface area contributed by atoms with Crippen molar-refractivity contribution >= 4 is 35.0 Å². The number of carboxylic acid groups (broad SMARTS) is 1. The Kier molecular flexibility index (Phi) is 4.85. The highest BCUT2D eigenvalue weighted by atomic mass is 32.2. The fraction of sp³-hybridized carbons (Fsp3) is 0.0556. The zero-order valence-electron chi connectivity index (χ0n) is 12.9. The molecule has 1 N–H and O–H groups in total. The monoisotopic (exact) mass is 355 g/mol. The Balaban J connectivity index is 1.80. The summed E-state index contributed by atoms with van der Waals surface area (Å²) in [5, 5.41) is 8.18. The Morgan fingerprint density at radius 1 is 1.08 bits per heavy atom. The van der Waals surface area contributed by atoms with E-state index in [0.29, 0.717) is 22.0 Å². The zero-order chi connectivity index (χ0) is 17.8. The number of para-hydroxylation sites is 1. The number of carbonyl (C=O) groups is 3. The number of thioether (sulfide) groups is 1. The van der Waals surface area contributed by atoms with Gasteiger partial charge in [-0.15, -0.1) is 0 Å². The van der Waals surface area contributed by atoms with Gasteiger partial charge in [0, 0.05) is 0 Å². The first-order chi connectivity index (χ1) is 12.0. The van der Waals surface area contributed by atoms with Crippen molar-refractivity contribution in [3.05, 3.63) is 65.1 Å². The number of hydrogen-bond acceptors (Lipinski definition) is 5. The van der Waals surface area contributed by atoms with Crippen LogP contribution in [-0.4, -0.2) is 33.7 Å². The lowest BCUT2D eigenvalue weighted by Gasteiger charge is -2.08. The highest BCUT2D eigenvalue weighted by Crippen LogP contribution is 2.32. The Hall–Kier alpha value is -3.06. The molecule has 0 radical (unpaired) electrons. The van der Waals surface area contributed by atoms with Crippen LogP contribution in [0.15, 0.2) is 59.5 Å². The van der Waals surface area contributed by atoms with Gasteiger partial charge in [0.25, 0.3) is 11.1 Å². The van der Waals surface area contributed by atoms with E-state index in [0.717, 1.165) is 11.8 Å². The lowest BCUT2D eigenvalue weighted by atomic mass is 10.2. The minimum Gasteiger partial charge on any atom is -0.480 e. The smallest absolute Gasteiger partial charge is 0.323 e. The Morgan fingerprint density at radius 3 is 2.52 bits per heavy atom.